The molecule has 0 saturated carbocycles. The quantitative estimate of drug-likeness (QED) is 0.857. The van der Waals surface area contributed by atoms with Crippen molar-refractivity contribution in [1.82, 2.24) is 4.90 Å². The van der Waals surface area contributed by atoms with Crippen LogP contribution < -0.4 is 10.5 Å². The Morgan fingerprint density at radius 3 is 2.94 bits per heavy atom. The lowest BCUT2D eigenvalue weighted by molar-refractivity contribution is 0.0907. The van der Waals surface area contributed by atoms with Gasteiger partial charge in [-0.05, 0) is 30.5 Å². The average Bonchev–Trinajstić information content (AvgIpc) is 2.33. The number of ether oxygens (including phenoxy) is 1. The fraction of sp³-hybridized carbons (Fsp3) is 0.571. The highest BCUT2D eigenvalue weighted by molar-refractivity contribution is 5.38. The van der Waals surface area contributed by atoms with E-state index in [9.17, 15) is 0 Å². The van der Waals surface area contributed by atoms with Gasteiger partial charge < -0.3 is 15.4 Å². The number of rotatable bonds is 3. The van der Waals surface area contributed by atoms with Crippen LogP contribution in [0.25, 0.3) is 0 Å². The molecule has 3 heteroatoms. The molecule has 1 fully saturated rings. The molecule has 1 aromatic rings. The van der Waals surface area contributed by atoms with Crippen LogP contribution in [-0.2, 0) is 0 Å². The Labute approximate surface area is 103 Å². The zero-order chi connectivity index (χ0) is 11.7. The molecule has 0 amide bonds. The van der Waals surface area contributed by atoms with E-state index >= 15 is 0 Å². The van der Waals surface area contributed by atoms with Crippen LogP contribution in [0.4, 0.5) is 0 Å². The molecule has 1 aromatic carbocycles. The number of hydrogen-bond acceptors (Lipinski definition) is 3. The first-order chi connectivity index (χ1) is 8.36. The smallest absolute Gasteiger partial charge is 0.122 e. The molecule has 3 rings (SSSR count). The maximum absolute atomic E-state index is 5.69. The maximum Gasteiger partial charge on any atom is 0.122 e. The first-order valence-electron chi connectivity index (χ1n) is 6.51. The SMILES string of the molecule is NCC1CN(CC2CCOc3ccccc32)C1. The first-order valence-corrected chi connectivity index (χ1v) is 6.51. The number of hydrogen-bond donors (Lipinski definition) is 1. The van der Waals surface area contributed by atoms with Gasteiger partial charge in [0.25, 0.3) is 0 Å². The molecule has 0 spiro atoms. The van der Waals surface area contributed by atoms with Gasteiger partial charge in [-0.2, -0.15) is 0 Å². The summed E-state index contributed by atoms with van der Waals surface area (Å²) in [4.78, 5) is 2.52. The molecular formula is C14H20N2O. The lowest BCUT2D eigenvalue weighted by Gasteiger charge is -2.41. The third-order valence-electron chi connectivity index (χ3n) is 3.93. The number of nitrogens with zero attached hydrogens (tertiary/aromatic N) is 1. The van der Waals surface area contributed by atoms with E-state index in [0.29, 0.717) is 5.92 Å². The van der Waals surface area contributed by atoms with Crippen molar-refractivity contribution in [1.29, 1.82) is 0 Å². The van der Waals surface area contributed by atoms with Crippen molar-refractivity contribution in [3.05, 3.63) is 29.8 Å². The maximum atomic E-state index is 5.69. The third-order valence-corrected chi connectivity index (χ3v) is 3.93. The highest BCUT2D eigenvalue weighted by Crippen LogP contribution is 2.34. The minimum absolute atomic E-state index is 0.638. The monoisotopic (exact) mass is 232 g/mol. The van der Waals surface area contributed by atoms with Crippen LogP contribution in [0.3, 0.4) is 0 Å². The van der Waals surface area contributed by atoms with E-state index in [2.05, 4.69) is 29.2 Å². The molecule has 2 heterocycles. The highest BCUT2D eigenvalue weighted by Gasteiger charge is 2.29. The van der Waals surface area contributed by atoms with Gasteiger partial charge in [-0.3, -0.25) is 0 Å². The van der Waals surface area contributed by atoms with E-state index in [1.807, 2.05) is 0 Å². The van der Waals surface area contributed by atoms with Crippen molar-refractivity contribution in [2.75, 3.05) is 32.8 Å². The van der Waals surface area contributed by atoms with Crippen LogP contribution in [0.5, 0.6) is 5.75 Å². The Kier molecular flexibility index (Phi) is 3.04. The van der Waals surface area contributed by atoms with Gasteiger partial charge >= 0.3 is 0 Å². The van der Waals surface area contributed by atoms with E-state index < -0.39 is 0 Å². The van der Waals surface area contributed by atoms with Crippen molar-refractivity contribution >= 4 is 0 Å². The third kappa shape index (κ3) is 2.17. The van der Waals surface area contributed by atoms with Gasteiger partial charge in [0.05, 0.1) is 6.61 Å². The summed E-state index contributed by atoms with van der Waals surface area (Å²) in [5.74, 6) is 2.45. The Balaban J connectivity index is 1.65. The van der Waals surface area contributed by atoms with Gasteiger partial charge in [-0.1, -0.05) is 18.2 Å². The molecule has 1 unspecified atom stereocenters. The summed E-state index contributed by atoms with van der Waals surface area (Å²) in [5.41, 5.74) is 7.04. The van der Waals surface area contributed by atoms with Crippen molar-refractivity contribution in [3.8, 4) is 5.75 Å². The van der Waals surface area contributed by atoms with Gasteiger partial charge in [-0.15, -0.1) is 0 Å². The van der Waals surface area contributed by atoms with Gasteiger partial charge in [0.15, 0.2) is 0 Å². The van der Waals surface area contributed by atoms with Gasteiger partial charge in [-0.25, -0.2) is 0 Å². The minimum Gasteiger partial charge on any atom is -0.493 e. The van der Waals surface area contributed by atoms with E-state index in [0.717, 1.165) is 37.8 Å². The molecule has 1 atom stereocenters. The lowest BCUT2D eigenvalue weighted by Crippen LogP contribution is -2.51. The number of benzene rings is 1. The zero-order valence-electron chi connectivity index (χ0n) is 10.1. The van der Waals surface area contributed by atoms with E-state index in [1.54, 1.807) is 0 Å². The van der Waals surface area contributed by atoms with E-state index in [-0.39, 0.29) is 0 Å². The average molecular weight is 232 g/mol. The standard InChI is InChI=1S/C14H20N2O/c15-7-11-8-16(9-11)10-12-5-6-17-14-4-2-1-3-13(12)14/h1-4,11-12H,5-10,15H2. The minimum atomic E-state index is 0.638. The molecule has 2 N–H and O–H groups in total. The summed E-state index contributed by atoms with van der Waals surface area (Å²) in [7, 11) is 0. The van der Waals surface area contributed by atoms with Gasteiger partial charge in [0.2, 0.25) is 0 Å². The summed E-state index contributed by atoms with van der Waals surface area (Å²) in [6.07, 6.45) is 1.14. The fourth-order valence-corrected chi connectivity index (χ4v) is 2.89. The number of fused-ring (bicyclic) bond motifs is 1. The molecule has 92 valence electrons. The van der Waals surface area contributed by atoms with Crippen LogP contribution in [0.1, 0.15) is 17.9 Å². The summed E-state index contributed by atoms with van der Waals surface area (Å²) in [6, 6.07) is 8.45. The second-order valence-electron chi connectivity index (χ2n) is 5.19. The fourth-order valence-electron chi connectivity index (χ4n) is 2.89. The summed E-state index contributed by atoms with van der Waals surface area (Å²) < 4.78 is 5.69. The van der Waals surface area contributed by atoms with Gasteiger partial charge in [0, 0.05) is 25.6 Å². The summed E-state index contributed by atoms with van der Waals surface area (Å²) in [6.45, 7) is 5.21. The van der Waals surface area contributed by atoms with Crippen LogP contribution in [-0.4, -0.2) is 37.7 Å². The van der Waals surface area contributed by atoms with E-state index in [4.69, 9.17) is 10.5 Å². The Hall–Kier alpha value is -1.06. The molecule has 2 aliphatic heterocycles. The second-order valence-corrected chi connectivity index (χ2v) is 5.19. The first kappa shape index (κ1) is 11.1. The molecule has 0 aromatic heterocycles. The predicted molar refractivity (Wildman–Crippen MR) is 68.3 cm³/mol. The second kappa shape index (κ2) is 4.67. The summed E-state index contributed by atoms with van der Waals surface area (Å²) in [5, 5.41) is 0. The molecule has 0 bridgehead atoms. The predicted octanol–water partition coefficient (Wildman–Crippen LogP) is 1.44. The molecular weight excluding hydrogens is 212 g/mol. The normalized spacial score (nSPS) is 24.9. The molecule has 0 aliphatic carbocycles. The largest absolute Gasteiger partial charge is 0.493 e. The van der Waals surface area contributed by atoms with Crippen LogP contribution >= 0.6 is 0 Å². The number of para-hydroxylation sites is 1. The van der Waals surface area contributed by atoms with Crippen molar-refractivity contribution < 1.29 is 4.74 Å². The molecule has 2 aliphatic rings. The van der Waals surface area contributed by atoms with E-state index in [1.165, 1.54) is 18.7 Å². The zero-order valence-corrected chi connectivity index (χ0v) is 10.1. The number of likely N-dealkylation sites (tertiary alicyclic amines) is 1. The lowest BCUT2D eigenvalue weighted by atomic mass is 9.90. The molecule has 1 saturated heterocycles. The Morgan fingerprint density at radius 2 is 2.12 bits per heavy atom. The Morgan fingerprint density at radius 1 is 1.29 bits per heavy atom. The molecule has 3 nitrogen and oxygen atoms in total. The van der Waals surface area contributed by atoms with Gasteiger partial charge in [0.1, 0.15) is 5.75 Å². The van der Waals surface area contributed by atoms with Crippen LogP contribution in [0.15, 0.2) is 24.3 Å². The number of nitrogens with two attached hydrogens (primary N) is 1. The van der Waals surface area contributed by atoms with Crippen molar-refractivity contribution in [2.45, 2.75) is 12.3 Å². The molecule has 0 radical (unpaired) electrons. The van der Waals surface area contributed by atoms with Crippen molar-refractivity contribution in [2.24, 2.45) is 11.7 Å². The topological polar surface area (TPSA) is 38.5 Å². The van der Waals surface area contributed by atoms with Crippen molar-refractivity contribution in [3.63, 3.8) is 0 Å². The highest BCUT2D eigenvalue weighted by atomic mass is 16.5. The Bertz CT molecular complexity index is 388. The summed E-state index contributed by atoms with van der Waals surface area (Å²) >= 11 is 0. The van der Waals surface area contributed by atoms with Crippen LogP contribution in [0, 0.1) is 5.92 Å². The van der Waals surface area contributed by atoms with Crippen LogP contribution in [0.2, 0.25) is 0 Å². The molecule has 17 heavy (non-hydrogen) atoms.